The van der Waals surface area contributed by atoms with Crippen LogP contribution in [0.2, 0.25) is 0 Å². The molecule has 0 aliphatic heterocycles. The molecular weight excluding hydrogens is 328 g/mol. The molecule has 0 saturated heterocycles. The lowest BCUT2D eigenvalue weighted by atomic mass is 10.1. The fourth-order valence-corrected chi connectivity index (χ4v) is 2.52. The van der Waals surface area contributed by atoms with Crippen LogP contribution in [0.5, 0.6) is 0 Å². The standard InChI is InChI=1S/C16H20N4O3S/c1-2-16(21)20-13-5-8-15(19-11-13)18-10-9-12-3-6-14(7-4-12)24(17,22)23/h3-8,11H,2,9-10H2,1H3,(H,18,19)(H,20,21)(H2,17,22,23). The fourth-order valence-electron chi connectivity index (χ4n) is 2.00. The van der Waals surface area contributed by atoms with E-state index in [1.807, 2.05) is 0 Å². The number of carbonyl (C=O) groups is 1. The Bertz CT molecular complexity index is 787. The van der Waals surface area contributed by atoms with Crippen LogP contribution >= 0.6 is 0 Å². The molecule has 0 saturated carbocycles. The molecule has 2 rings (SSSR count). The minimum Gasteiger partial charge on any atom is -0.370 e. The Morgan fingerprint density at radius 2 is 1.88 bits per heavy atom. The molecule has 8 heteroatoms. The largest absolute Gasteiger partial charge is 0.370 e. The lowest BCUT2D eigenvalue weighted by Crippen LogP contribution is -2.12. The minimum atomic E-state index is -3.65. The van der Waals surface area contributed by atoms with Crippen molar-refractivity contribution in [1.29, 1.82) is 0 Å². The monoisotopic (exact) mass is 348 g/mol. The molecule has 0 spiro atoms. The van der Waals surface area contributed by atoms with Crippen LogP contribution in [0, 0.1) is 0 Å². The first-order valence-electron chi connectivity index (χ1n) is 7.50. The van der Waals surface area contributed by atoms with Gasteiger partial charge in [-0.05, 0) is 36.2 Å². The topological polar surface area (TPSA) is 114 Å². The summed E-state index contributed by atoms with van der Waals surface area (Å²) in [5, 5.41) is 11.0. The zero-order valence-corrected chi connectivity index (χ0v) is 14.1. The van der Waals surface area contributed by atoms with Gasteiger partial charge in [-0.3, -0.25) is 4.79 Å². The summed E-state index contributed by atoms with van der Waals surface area (Å²) in [6, 6.07) is 10.0. The number of amides is 1. The smallest absolute Gasteiger partial charge is 0.238 e. The molecule has 0 radical (unpaired) electrons. The number of sulfonamides is 1. The summed E-state index contributed by atoms with van der Waals surface area (Å²) in [6.07, 6.45) is 2.72. The molecule has 0 aliphatic rings. The first-order valence-corrected chi connectivity index (χ1v) is 9.04. The van der Waals surface area contributed by atoms with Crippen molar-refractivity contribution < 1.29 is 13.2 Å². The van der Waals surface area contributed by atoms with Gasteiger partial charge in [0.1, 0.15) is 5.82 Å². The number of nitrogens with one attached hydrogen (secondary N) is 2. The van der Waals surface area contributed by atoms with Gasteiger partial charge in [-0.15, -0.1) is 0 Å². The fraction of sp³-hybridized carbons (Fsp3) is 0.250. The van der Waals surface area contributed by atoms with Crippen molar-refractivity contribution in [1.82, 2.24) is 4.98 Å². The summed E-state index contributed by atoms with van der Waals surface area (Å²) in [5.74, 6) is 0.645. The molecule has 1 amide bonds. The third-order valence-corrected chi connectivity index (χ3v) is 4.27. The van der Waals surface area contributed by atoms with Crippen LogP contribution in [0.1, 0.15) is 18.9 Å². The van der Waals surface area contributed by atoms with Gasteiger partial charge < -0.3 is 10.6 Å². The Balaban J connectivity index is 1.84. The number of nitrogens with zero attached hydrogens (tertiary/aromatic N) is 1. The van der Waals surface area contributed by atoms with Gasteiger partial charge in [0.15, 0.2) is 0 Å². The molecule has 1 heterocycles. The van der Waals surface area contributed by atoms with E-state index in [0.29, 0.717) is 30.9 Å². The van der Waals surface area contributed by atoms with E-state index in [1.54, 1.807) is 37.4 Å². The SMILES string of the molecule is CCC(=O)Nc1ccc(NCCc2ccc(S(N)(=O)=O)cc2)nc1. The van der Waals surface area contributed by atoms with Gasteiger partial charge in [0.05, 0.1) is 16.8 Å². The van der Waals surface area contributed by atoms with Crippen LogP contribution < -0.4 is 15.8 Å². The summed E-state index contributed by atoms with van der Waals surface area (Å²) in [4.78, 5) is 15.6. The van der Waals surface area contributed by atoms with Crippen molar-refractivity contribution in [2.24, 2.45) is 5.14 Å². The predicted octanol–water partition coefficient (Wildman–Crippen LogP) is 1.73. The molecule has 4 N–H and O–H groups in total. The number of hydrogen-bond acceptors (Lipinski definition) is 5. The number of benzene rings is 1. The Hall–Kier alpha value is -2.45. The van der Waals surface area contributed by atoms with Crippen LogP contribution in [-0.2, 0) is 21.2 Å². The molecule has 128 valence electrons. The maximum absolute atomic E-state index is 11.3. The highest BCUT2D eigenvalue weighted by molar-refractivity contribution is 7.89. The minimum absolute atomic E-state index is 0.0551. The summed E-state index contributed by atoms with van der Waals surface area (Å²) < 4.78 is 22.4. The first-order chi connectivity index (χ1) is 11.4. The number of aromatic nitrogens is 1. The molecule has 7 nitrogen and oxygen atoms in total. The van der Waals surface area contributed by atoms with Gasteiger partial charge in [-0.25, -0.2) is 18.5 Å². The van der Waals surface area contributed by atoms with Crippen molar-refractivity contribution >= 4 is 27.4 Å². The Morgan fingerprint density at radius 1 is 1.17 bits per heavy atom. The summed E-state index contributed by atoms with van der Waals surface area (Å²) in [7, 11) is -3.65. The number of nitrogens with two attached hydrogens (primary N) is 1. The quantitative estimate of drug-likeness (QED) is 0.705. The molecule has 0 aliphatic carbocycles. The lowest BCUT2D eigenvalue weighted by Gasteiger charge is -2.08. The van der Waals surface area contributed by atoms with Crippen LogP contribution in [0.3, 0.4) is 0 Å². The molecule has 1 aromatic carbocycles. The summed E-state index contributed by atoms with van der Waals surface area (Å²) in [6.45, 7) is 2.43. The second-order valence-corrected chi connectivity index (χ2v) is 6.76. The highest BCUT2D eigenvalue weighted by Gasteiger charge is 2.06. The van der Waals surface area contributed by atoms with Crippen molar-refractivity contribution in [3.63, 3.8) is 0 Å². The number of hydrogen-bond donors (Lipinski definition) is 3. The van der Waals surface area contributed by atoms with E-state index in [2.05, 4.69) is 15.6 Å². The van der Waals surface area contributed by atoms with Crippen LogP contribution in [0.15, 0.2) is 47.5 Å². The van der Waals surface area contributed by atoms with Gasteiger partial charge in [-0.1, -0.05) is 19.1 Å². The molecule has 2 aromatic rings. The highest BCUT2D eigenvalue weighted by atomic mass is 32.2. The van der Waals surface area contributed by atoms with Crippen molar-refractivity contribution in [3.8, 4) is 0 Å². The van der Waals surface area contributed by atoms with Crippen LogP contribution in [-0.4, -0.2) is 25.9 Å². The number of carbonyl (C=O) groups excluding carboxylic acids is 1. The molecular formula is C16H20N4O3S. The molecule has 0 unspecified atom stereocenters. The van der Waals surface area contributed by atoms with E-state index in [-0.39, 0.29) is 10.8 Å². The Kier molecular flexibility index (Phi) is 5.88. The van der Waals surface area contributed by atoms with Gasteiger partial charge in [0.25, 0.3) is 0 Å². The third kappa shape index (κ3) is 5.32. The maximum Gasteiger partial charge on any atom is 0.238 e. The maximum atomic E-state index is 11.3. The molecule has 24 heavy (non-hydrogen) atoms. The van der Waals surface area contributed by atoms with E-state index >= 15 is 0 Å². The van der Waals surface area contributed by atoms with E-state index in [1.165, 1.54) is 12.1 Å². The number of rotatable bonds is 7. The number of pyridine rings is 1. The van der Waals surface area contributed by atoms with Crippen molar-refractivity contribution in [2.75, 3.05) is 17.2 Å². The average Bonchev–Trinajstić information content (AvgIpc) is 2.56. The zero-order valence-electron chi connectivity index (χ0n) is 13.3. The van der Waals surface area contributed by atoms with E-state index in [0.717, 1.165) is 5.56 Å². The zero-order chi connectivity index (χ0) is 17.6. The van der Waals surface area contributed by atoms with Crippen LogP contribution in [0.25, 0.3) is 0 Å². The first kappa shape index (κ1) is 17.9. The van der Waals surface area contributed by atoms with Gasteiger partial charge >= 0.3 is 0 Å². The average molecular weight is 348 g/mol. The van der Waals surface area contributed by atoms with Gasteiger partial charge in [0.2, 0.25) is 15.9 Å². The van der Waals surface area contributed by atoms with Crippen molar-refractivity contribution in [2.45, 2.75) is 24.7 Å². The second-order valence-electron chi connectivity index (χ2n) is 5.20. The predicted molar refractivity (Wildman–Crippen MR) is 93.2 cm³/mol. The molecule has 1 aromatic heterocycles. The number of primary sulfonamides is 1. The lowest BCUT2D eigenvalue weighted by molar-refractivity contribution is -0.115. The van der Waals surface area contributed by atoms with E-state index in [4.69, 9.17) is 5.14 Å². The normalized spacial score (nSPS) is 11.1. The second kappa shape index (κ2) is 7.89. The molecule has 0 atom stereocenters. The molecule has 0 fully saturated rings. The molecule has 0 bridgehead atoms. The summed E-state index contributed by atoms with van der Waals surface area (Å²) >= 11 is 0. The van der Waals surface area contributed by atoms with E-state index in [9.17, 15) is 13.2 Å². The van der Waals surface area contributed by atoms with Crippen LogP contribution in [0.4, 0.5) is 11.5 Å². The third-order valence-electron chi connectivity index (χ3n) is 3.34. The van der Waals surface area contributed by atoms with Crippen molar-refractivity contribution in [3.05, 3.63) is 48.2 Å². The van der Waals surface area contributed by atoms with Gasteiger partial charge in [-0.2, -0.15) is 0 Å². The Labute approximate surface area is 141 Å². The van der Waals surface area contributed by atoms with Gasteiger partial charge in [0, 0.05) is 13.0 Å². The summed E-state index contributed by atoms with van der Waals surface area (Å²) in [5.41, 5.74) is 1.65. The Morgan fingerprint density at radius 3 is 2.42 bits per heavy atom. The van der Waals surface area contributed by atoms with E-state index < -0.39 is 10.0 Å². The highest BCUT2D eigenvalue weighted by Crippen LogP contribution is 2.12. The number of anilines is 2.